The van der Waals surface area contributed by atoms with Gasteiger partial charge in [-0.15, -0.1) is 11.8 Å². The first-order chi connectivity index (χ1) is 9.56. The number of carbonyl (C=O) groups is 1. The Kier molecular flexibility index (Phi) is 3.15. The standard InChI is InChI=1S/C13H11NO5S/c15-6-1-2-10-7(3-6)11(16)8(4-19-10)12-14-9(5-20-12)13(17)18/h1-4,9,12,14-15H,5H2,(H,17,18). The summed E-state index contributed by atoms with van der Waals surface area (Å²) in [4.78, 5) is 23.3. The number of carboxylic acid groups (broad SMARTS) is 1. The molecule has 7 heteroatoms. The number of thioether (sulfide) groups is 1. The van der Waals surface area contributed by atoms with Gasteiger partial charge >= 0.3 is 5.97 Å². The molecule has 2 unspecified atom stereocenters. The summed E-state index contributed by atoms with van der Waals surface area (Å²) in [6.07, 6.45) is 1.34. The number of phenolic OH excluding ortho intramolecular Hbond substituents is 1. The summed E-state index contributed by atoms with van der Waals surface area (Å²) in [5.74, 6) is -0.572. The molecule has 2 atom stereocenters. The number of nitrogens with one attached hydrogen (secondary N) is 1. The summed E-state index contributed by atoms with van der Waals surface area (Å²) in [5.41, 5.74) is 0.476. The summed E-state index contributed by atoms with van der Waals surface area (Å²) in [7, 11) is 0. The summed E-state index contributed by atoms with van der Waals surface area (Å²) >= 11 is 1.34. The number of hydrogen-bond acceptors (Lipinski definition) is 6. The number of benzene rings is 1. The maximum atomic E-state index is 12.4. The highest BCUT2D eigenvalue weighted by Crippen LogP contribution is 2.32. The van der Waals surface area contributed by atoms with Crippen molar-refractivity contribution < 1.29 is 19.4 Å². The van der Waals surface area contributed by atoms with Gasteiger partial charge in [-0.05, 0) is 18.2 Å². The van der Waals surface area contributed by atoms with Crippen molar-refractivity contribution in [2.45, 2.75) is 11.4 Å². The van der Waals surface area contributed by atoms with Gasteiger partial charge in [-0.2, -0.15) is 0 Å². The van der Waals surface area contributed by atoms with Crippen molar-refractivity contribution in [3.8, 4) is 5.75 Å². The molecule has 1 aromatic carbocycles. The van der Waals surface area contributed by atoms with Crippen molar-refractivity contribution in [3.63, 3.8) is 0 Å². The van der Waals surface area contributed by atoms with Crippen LogP contribution in [-0.4, -0.2) is 28.0 Å². The fourth-order valence-corrected chi connectivity index (χ4v) is 3.33. The molecule has 2 heterocycles. The molecule has 20 heavy (non-hydrogen) atoms. The zero-order valence-corrected chi connectivity index (χ0v) is 11.0. The number of hydrogen-bond donors (Lipinski definition) is 3. The first-order valence-electron chi connectivity index (χ1n) is 5.91. The van der Waals surface area contributed by atoms with Crippen LogP contribution in [0.15, 0.2) is 33.7 Å². The molecule has 0 aliphatic carbocycles. The van der Waals surface area contributed by atoms with Crippen LogP contribution in [0.3, 0.4) is 0 Å². The normalized spacial score (nSPS) is 22.2. The molecule has 1 fully saturated rings. The van der Waals surface area contributed by atoms with Gasteiger partial charge < -0.3 is 14.6 Å². The molecule has 1 aliphatic heterocycles. The highest BCUT2D eigenvalue weighted by Gasteiger charge is 2.32. The predicted octanol–water partition coefficient (Wildman–Crippen LogP) is 1.29. The van der Waals surface area contributed by atoms with E-state index in [-0.39, 0.29) is 16.6 Å². The van der Waals surface area contributed by atoms with E-state index in [2.05, 4.69) is 5.32 Å². The van der Waals surface area contributed by atoms with Crippen LogP contribution in [0, 0.1) is 0 Å². The highest BCUT2D eigenvalue weighted by atomic mass is 32.2. The van der Waals surface area contributed by atoms with Crippen LogP contribution in [0.1, 0.15) is 10.9 Å². The second kappa shape index (κ2) is 4.84. The van der Waals surface area contributed by atoms with Crippen molar-refractivity contribution in [2.24, 2.45) is 0 Å². The van der Waals surface area contributed by atoms with Crippen LogP contribution in [0.4, 0.5) is 0 Å². The van der Waals surface area contributed by atoms with E-state index in [1.165, 1.54) is 36.2 Å². The fraction of sp³-hybridized carbons (Fsp3) is 0.231. The third-order valence-corrected chi connectivity index (χ3v) is 4.39. The average Bonchev–Trinajstić information content (AvgIpc) is 2.89. The van der Waals surface area contributed by atoms with Crippen molar-refractivity contribution in [1.82, 2.24) is 5.32 Å². The Morgan fingerprint density at radius 1 is 1.45 bits per heavy atom. The topological polar surface area (TPSA) is 99.8 Å². The second-order valence-corrected chi connectivity index (χ2v) is 5.61. The lowest BCUT2D eigenvalue weighted by Gasteiger charge is -2.10. The third kappa shape index (κ3) is 2.14. The van der Waals surface area contributed by atoms with Crippen LogP contribution >= 0.6 is 11.8 Å². The monoisotopic (exact) mass is 293 g/mol. The third-order valence-electron chi connectivity index (χ3n) is 3.15. The largest absolute Gasteiger partial charge is 0.508 e. The van der Waals surface area contributed by atoms with Crippen molar-refractivity contribution in [2.75, 3.05) is 5.75 Å². The van der Waals surface area contributed by atoms with Gasteiger partial charge in [0.05, 0.1) is 16.3 Å². The van der Waals surface area contributed by atoms with Crippen molar-refractivity contribution in [1.29, 1.82) is 0 Å². The number of rotatable bonds is 2. The molecular weight excluding hydrogens is 282 g/mol. The van der Waals surface area contributed by atoms with Gasteiger partial charge in [-0.1, -0.05) is 0 Å². The van der Waals surface area contributed by atoms with Crippen LogP contribution in [0.2, 0.25) is 0 Å². The van der Waals surface area contributed by atoms with Crippen LogP contribution in [0.5, 0.6) is 5.75 Å². The van der Waals surface area contributed by atoms with Gasteiger partial charge in [0.15, 0.2) is 5.43 Å². The van der Waals surface area contributed by atoms with Gasteiger partial charge in [0.1, 0.15) is 23.6 Å². The fourth-order valence-electron chi connectivity index (χ4n) is 2.11. The first kappa shape index (κ1) is 13.0. The number of aliphatic carboxylic acids is 1. The van der Waals surface area contributed by atoms with Crippen molar-refractivity contribution >= 4 is 28.7 Å². The first-order valence-corrected chi connectivity index (χ1v) is 6.96. The molecule has 0 amide bonds. The minimum absolute atomic E-state index is 0.0163. The lowest BCUT2D eigenvalue weighted by molar-refractivity contribution is -0.138. The molecule has 2 aromatic rings. The lowest BCUT2D eigenvalue weighted by atomic mass is 10.1. The van der Waals surface area contributed by atoms with Gasteiger partial charge in [-0.3, -0.25) is 14.9 Å². The summed E-state index contributed by atoms with van der Waals surface area (Å²) in [5, 5.41) is 21.1. The quantitative estimate of drug-likeness (QED) is 0.767. The molecular formula is C13H11NO5S. The second-order valence-electron chi connectivity index (χ2n) is 4.47. The Labute approximate surface area is 117 Å². The maximum absolute atomic E-state index is 12.4. The molecule has 0 spiro atoms. The molecule has 3 N–H and O–H groups in total. The Hall–Kier alpha value is -1.99. The zero-order valence-electron chi connectivity index (χ0n) is 10.2. The van der Waals surface area contributed by atoms with Crippen LogP contribution < -0.4 is 10.7 Å². The summed E-state index contributed by atoms with van der Waals surface area (Å²) in [6, 6.07) is 3.63. The molecule has 1 aromatic heterocycles. The van der Waals surface area contributed by atoms with E-state index in [0.717, 1.165) is 0 Å². The van der Waals surface area contributed by atoms with Crippen LogP contribution in [-0.2, 0) is 4.79 Å². The maximum Gasteiger partial charge on any atom is 0.321 e. The van der Waals surface area contributed by atoms with Gasteiger partial charge in [0.25, 0.3) is 0 Å². The van der Waals surface area contributed by atoms with E-state index in [9.17, 15) is 14.7 Å². The van der Waals surface area contributed by atoms with E-state index in [4.69, 9.17) is 9.52 Å². The van der Waals surface area contributed by atoms with Gasteiger partial charge in [-0.25, -0.2) is 0 Å². The van der Waals surface area contributed by atoms with Crippen LogP contribution in [0.25, 0.3) is 11.0 Å². The predicted molar refractivity (Wildman–Crippen MR) is 73.9 cm³/mol. The van der Waals surface area contributed by atoms with E-state index < -0.39 is 17.4 Å². The van der Waals surface area contributed by atoms with E-state index in [0.29, 0.717) is 16.9 Å². The summed E-state index contributed by atoms with van der Waals surface area (Å²) in [6.45, 7) is 0. The SMILES string of the molecule is O=C(O)C1CSC(c2coc3ccc(O)cc3c2=O)N1. The molecule has 0 saturated carbocycles. The molecule has 1 aliphatic rings. The molecule has 0 bridgehead atoms. The van der Waals surface area contributed by atoms with Crippen molar-refractivity contribution in [3.05, 3.63) is 40.2 Å². The molecule has 3 rings (SSSR count). The van der Waals surface area contributed by atoms with Gasteiger partial charge in [0, 0.05) is 5.75 Å². The number of fused-ring (bicyclic) bond motifs is 1. The Balaban J connectivity index is 2.03. The Bertz CT molecular complexity index is 741. The minimum atomic E-state index is -0.942. The Morgan fingerprint density at radius 3 is 2.95 bits per heavy atom. The minimum Gasteiger partial charge on any atom is -0.508 e. The zero-order chi connectivity index (χ0) is 14.3. The molecule has 104 valence electrons. The average molecular weight is 293 g/mol. The van der Waals surface area contributed by atoms with Gasteiger partial charge in [0.2, 0.25) is 0 Å². The van der Waals surface area contributed by atoms with E-state index in [1.807, 2.05) is 0 Å². The van der Waals surface area contributed by atoms with E-state index >= 15 is 0 Å². The molecule has 6 nitrogen and oxygen atoms in total. The lowest BCUT2D eigenvalue weighted by Crippen LogP contribution is -2.34. The molecule has 1 saturated heterocycles. The number of aromatic hydroxyl groups is 1. The smallest absolute Gasteiger partial charge is 0.321 e. The number of carboxylic acids is 1. The highest BCUT2D eigenvalue weighted by molar-refractivity contribution is 7.99. The van der Waals surface area contributed by atoms with E-state index in [1.54, 1.807) is 0 Å². The molecule has 0 radical (unpaired) electrons. The summed E-state index contributed by atoms with van der Waals surface area (Å²) < 4.78 is 5.37. The number of phenols is 1. The Morgan fingerprint density at radius 2 is 2.25 bits per heavy atom.